The summed E-state index contributed by atoms with van der Waals surface area (Å²) in [6.45, 7) is 2.77. The van der Waals surface area contributed by atoms with Gasteiger partial charge in [0.05, 0.1) is 0 Å². The van der Waals surface area contributed by atoms with Crippen LogP contribution in [-0.2, 0) is 11.3 Å². The molecule has 0 saturated carbocycles. The van der Waals surface area contributed by atoms with Crippen molar-refractivity contribution in [3.63, 3.8) is 0 Å². The third-order valence-electron chi connectivity index (χ3n) is 3.11. The molecule has 1 amide bonds. The maximum atomic E-state index is 12.0. The van der Waals surface area contributed by atoms with Gasteiger partial charge in [-0.1, -0.05) is 4.98 Å². The molecule has 1 aliphatic rings. The van der Waals surface area contributed by atoms with Crippen LogP contribution in [0.25, 0.3) is 0 Å². The van der Waals surface area contributed by atoms with Crippen molar-refractivity contribution in [1.82, 2.24) is 19.7 Å². The number of carbonyl (C=O) groups is 1. The van der Waals surface area contributed by atoms with E-state index in [1.807, 2.05) is 6.92 Å². The molecule has 2 heterocycles. The Balaban J connectivity index is 1.99. The molecular formula is C10H15N5O3. The van der Waals surface area contributed by atoms with E-state index in [9.17, 15) is 14.9 Å². The van der Waals surface area contributed by atoms with E-state index < -0.39 is 10.9 Å². The van der Waals surface area contributed by atoms with Crippen molar-refractivity contribution in [2.75, 3.05) is 6.54 Å². The van der Waals surface area contributed by atoms with Crippen LogP contribution >= 0.6 is 0 Å². The van der Waals surface area contributed by atoms with Crippen molar-refractivity contribution in [3.8, 4) is 0 Å². The zero-order valence-corrected chi connectivity index (χ0v) is 10.2. The number of rotatable bonds is 3. The summed E-state index contributed by atoms with van der Waals surface area (Å²) in [7, 11) is 0. The van der Waals surface area contributed by atoms with Crippen molar-refractivity contribution in [2.45, 2.75) is 38.8 Å². The zero-order valence-electron chi connectivity index (χ0n) is 10.2. The van der Waals surface area contributed by atoms with Crippen molar-refractivity contribution >= 4 is 11.9 Å². The van der Waals surface area contributed by atoms with Gasteiger partial charge in [-0.15, -0.1) is 0 Å². The molecule has 1 atom stereocenters. The molecule has 1 aromatic heterocycles. The monoisotopic (exact) mass is 253 g/mol. The molecule has 1 aromatic rings. The number of aromatic nitrogens is 3. The lowest BCUT2D eigenvalue weighted by atomic mass is 10.0. The molecular weight excluding hydrogens is 238 g/mol. The minimum atomic E-state index is -0.676. The summed E-state index contributed by atoms with van der Waals surface area (Å²) in [6.07, 6.45) is 4.36. The van der Waals surface area contributed by atoms with Crippen LogP contribution < -0.4 is 0 Å². The fraction of sp³-hybridized carbons (Fsp3) is 0.700. The summed E-state index contributed by atoms with van der Waals surface area (Å²) in [5, 5.41) is 14.1. The van der Waals surface area contributed by atoms with E-state index in [4.69, 9.17) is 0 Å². The largest absolute Gasteiger partial charge is 0.490 e. The van der Waals surface area contributed by atoms with Gasteiger partial charge in [0.25, 0.3) is 0 Å². The zero-order chi connectivity index (χ0) is 13.1. The molecule has 2 rings (SSSR count). The molecule has 1 aliphatic heterocycles. The highest BCUT2D eigenvalue weighted by atomic mass is 16.6. The van der Waals surface area contributed by atoms with E-state index in [0.29, 0.717) is 0 Å². The Labute approximate surface area is 104 Å². The second-order valence-electron chi connectivity index (χ2n) is 4.43. The molecule has 0 spiro atoms. The van der Waals surface area contributed by atoms with Crippen LogP contribution in [0.1, 0.15) is 26.2 Å². The van der Waals surface area contributed by atoms with E-state index in [1.165, 1.54) is 11.0 Å². The number of nitro groups is 1. The highest BCUT2D eigenvalue weighted by Crippen LogP contribution is 2.16. The molecule has 0 unspecified atom stereocenters. The molecule has 0 aliphatic carbocycles. The molecule has 98 valence electrons. The van der Waals surface area contributed by atoms with Crippen LogP contribution in [0.5, 0.6) is 0 Å². The fourth-order valence-electron chi connectivity index (χ4n) is 2.14. The first-order valence-corrected chi connectivity index (χ1v) is 5.91. The Morgan fingerprint density at radius 1 is 1.61 bits per heavy atom. The number of nitrogens with zero attached hydrogens (tertiary/aromatic N) is 5. The second kappa shape index (κ2) is 5.11. The van der Waals surface area contributed by atoms with Gasteiger partial charge < -0.3 is 15.0 Å². The number of hydrogen-bond acceptors (Lipinski definition) is 5. The molecule has 18 heavy (non-hydrogen) atoms. The van der Waals surface area contributed by atoms with Crippen LogP contribution in [0.4, 0.5) is 5.95 Å². The van der Waals surface area contributed by atoms with E-state index in [0.717, 1.165) is 25.8 Å². The van der Waals surface area contributed by atoms with Crippen molar-refractivity contribution in [2.24, 2.45) is 0 Å². The maximum Gasteiger partial charge on any atom is 0.490 e. The van der Waals surface area contributed by atoms with Crippen LogP contribution in [-0.4, -0.2) is 43.1 Å². The van der Waals surface area contributed by atoms with Gasteiger partial charge in [-0.25, -0.2) is 0 Å². The van der Waals surface area contributed by atoms with E-state index in [1.54, 1.807) is 4.90 Å². The van der Waals surface area contributed by atoms with Crippen molar-refractivity contribution in [1.29, 1.82) is 0 Å². The highest BCUT2D eigenvalue weighted by Gasteiger charge is 2.24. The number of carbonyl (C=O) groups excluding carboxylic acids is 1. The van der Waals surface area contributed by atoms with Crippen LogP contribution in [0.3, 0.4) is 0 Å². The average Bonchev–Trinajstić information content (AvgIpc) is 2.78. The van der Waals surface area contributed by atoms with Gasteiger partial charge >= 0.3 is 5.95 Å². The molecule has 0 aromatic carbocycles. The second-order valence-corrected chi connectivity index (χ2v) is 4.43. The summed E-state index contributed by atoms with van der Waals surface area (Å²) in [5.41, 5.74) is 0. The molecule has 0 N–H and O–H groups in total. The van der Waals surface area contributed by atoms with Gasteiger partial charge in [0.2, 0.25) is 12.2 Å². The van der Waals surface area contributed by atoms with Crippen molar-refractivity contribution in [3.05, 3.63) is 16.4 Å². The van der Waals surface area contributed by atoms with Gasteiger partial charge in [-0.2, -0.15) is 4.68 Å². The summed E-state index contributed by atoms with van der Waals surface area (Å²) in [4.78, 5) is 27.1. The quantitative estimate of drug-likeness (QED) is 0.580. The highest BCUT2D eigenvalue weighted by molar-refractivity contribution is 5.76. The lowest BCUT2D eigenvalue weighted by molar-refractivity contribution is -0.394. The van der Waals surface area contributed by atoms with Gasteiger partial charge in [0.15, 0.2) is 0 Å². The first-order chi connectivity index (χ1) is 8.58. The lowest BCUT2D eigenvalue weighted by Gasteiger charge is -2.33. The first-order valence-electron chi connectivity index (χ1n) is 5.91. The molecule has 8 nitrogen and oxygen atoms in total. The lowest BCUT2D eigenvalue weighted by Crippen LogP contribution is -2.43. The van der Waals surface area contributed by atoms with Gasteiger partial charge in [-0.3, -0.25) is 4.79 Å². The Kier molecular flexibility index (Phi) is 3.54. The fourth-order valence-corrected chi connectivity index (χ4v) is 2.14. The standard InChI is InChI=1S/C10H15N5O3/c1-8-4-2-3-5-14(8)9(16)6-13-7-11-10(12-13)15(17)18/h7-8H,2-6H2,1H3/t8-/m1/s1. The van der Waals surface area contributed by atoms with E-state index >= 15 is 0 Å². The minimum absolute atomic E-state index is 0.00514. The number of hydrogen-bond donors (Lipinski definition) is 0. The third kappa shape index (κ3) is 2.63. The third-order valence-corrected chi connectivity index (χ3v) is 3.11. The number of likely N-dealkylation sites (tertiary alicyclic amines) is 1. The topological polar surface area (TPSA) is 94.2 Å². The molecule has 8 heteroatoms. The van der Waals surface area contributed by atoms with Crippen LogP contribution in [0, 0.1) is 10.1 Å². The van der Waals surface area contributed by atoms with Gasteiger partial charge in [0.1, 0.15) is 6.54 Å². The smallest absolute Gasteiger partial charge is 0.390 e. The van der Waals surface area contributed by atoms with E-state index in [-0.39, 0.29) is 18.5 Å². The first kappa shape index (κ1) is 12.5. The Morgan fingerprint density at radius 2 is 2.39 bits per heavy atom. The maximum absolute atomic E-state index is 12.0. The van der Waals surface area contributed by atoms with Crippen molar-refractivity contribution < 1.29 is 9.72 Å². The Hall–Kier alpha value is -1.99. The molecule has 1 saturated heterocycles. The predicted octanol–water partition coefficient (Wildman–Crippen LogP) is 0.587. The van der Waals surface area contributed by atoms with Crippen LogP contribution in [0.15, 0.2) is 6.33 Å². The number of piperidine rings is 1. The van der Waals surface area contributed by atoms with Gasteiger partial charge in [-0.05, 0) is 31.1 Å². The normalized spacial score (nSPS) is 19.8. The van der Waals surface area contributed by atoms with Crippen LogP contribution in [0.2, 0.25) is 0 Å². The summed E-state index contributed by atoms with van der Waals surface area (Å²) >= 11 is 0. The summed E-state index contributed by atoms with van der Waals surface area (Å²) < 4.78 is 1.21. The summed E-state index contributed by atoms with van der Waals surface area (Å²) in [6, 6.07) is 0.227. The SMILES string of the molecule is C[C@@H]1CCCCN1C(=O)Cn1cnc([N+](=O)[O-])n1. The number of amides is 1. The van der Waals surface area contributed by atoms with Gasteiger partial charge in [0, 0.05) is 17.7 Å². The summed E-state index contributed by atoms with van der Waals surface area (Å²) in [5.74, 6) is -0.545. The Bertz CT molecular complexity index is 458. The molecule has 0 bridgehead atoms. The average molecular weight is 253 g/mol. The Morgan fingerprint density at radius 3 is 3.00 bits per heavy atom. The molecule has 0 radical (unpaired) electrons. The minimum Gasteiger partial charge on any atom is -0.390 e. The van der Waals surface area contributed by atoms with E-state index in [2.05, 4.69) is 10.1 Å². The predicted molar refractivity (Wildman–Crippen MR) is 61.7 cm³/mol. The molecule has 1 fully saturated rings.